The highest BCUT2D eigenvalue weighted by Gasteiger charge is 2.10. The van der Waals surface area contributed by atoms with Gasteiger partial charge in [-0.2, -0.15) is 0 Å². The summed E-state index contributed by atoms with van der Waals surface area (Å²) in [5.41, 5.74) is 3.10. The van der Waals surface area contributed by atoms with Gasteiger partial charge in [0.25, 0.3) is 0 Å². The highest BCUT2D eigenvalue weighted by atomic mass is 35.5. The van der Waals surface area contributed by atoms with Crippen molar-refractivity contribution < 1.29 is 14.3 Å². The summed E-state index contributed by atoms with van der Waals surface area (Å²) >= 11 is 13.2. The van der Waals surface area contributed by atoms with Crippen LogP contribution in [-0.4, -0.2) is 16.9 Å². The largest absolute Gasteiger partial charge is 0.456 e. The van der Waals surface area contributed by atoms with Crippen LogP contribution < -0.4 is 5.32 Å². The highest BCUT2D eigenvalue weighted by molar-refractivity contribution is 7.09. The van der Waals surface area contributed by atoms with Crippen LogP contribution >= 0.6 is 34.5 Å². The lowest BCUT2D eigenvalue weighted by molar-refractivity contribution is -0.139. The van der Waals surface area contributed by atoms with Crippen LogP contribution in [0.25, 0.3) is 6.08 Å². The summed E-state index contributed by atoms with van der Waals surface area (Å²) in [6.07, 6.45) is 3.06. The summed E-state index contributed by atoms with van der Waals surface area (Å²) in [5, 5.41) is 6.15. The lowest BCUT2D eigenvalue weighted by Gasteiger charge is -2.06. The smallest absolute Gasteiger partial charge is 0.331 e. The van der Waals surface area contributed by atoms with Crippen molar-refractivity contribution in [3.05, 3.63) is 85.8 Å². The Morgan fingerprint density at radius 2 is 1.97 bits per heavy atom. The summed E-state index contributed by atoms with van der Waals surface area (Å²) < 4.78 is 5.19. The zero-order valence-corrected chi connectivity index (χ0v) is 18.4. The molecule has 154 valence electrons. The van der Waals surface area contributed by atoms with E-state index in [4.69, 9.17) is 27.9 Å². The third-order valence-corrected chi connectivity index (χ3v) is 5.68. The number of carbonyl (C=O) groups is 2. The maximum Gasteiger partial charge on any atom is 0.331 e. The van der Waals surface area contributed by atoms with E-state index < -0.39 is 5.97 Å². The Labute approximate surface area is 188 Å². The molecule has 0 aliphatic carbocycles. The fraction of sp³-hybridized carbons (Fsp3) is 0.136. The van der Waals surface area contributed by atoms with Crippen molar-refractivity contribution in [1.29, 1.82) is 0 Å². The molecular formula is C22H18Cl2N2O3S. The minimum Gasteiger partial charge on any atom is -0.456 e. The molecule has 1 N–H and O–H groups in total. The molecule has 0 radical (unpaired) electrons. The zero-order chi connectivity index (χ0) is 21.5. The van der Waals surface area contributed by atoms with E-state index in [2.05, 4.69) is 10.3 Å². The van der Waals surface area contributed by atoms with Gasteiger partial charge >= 0.3 is 5.97 Å². The Morgan fingerprint density at radius 1 is 1.17 bits per heavy atom. The second kappa shape index (κ2) is 10.4. The minimum atomic E-state index is -0.507. The Hall–Kier alpha value is -2.67. The SMILES string of the molecule is Cc1ccccc1NC(=O)Cc1nc(COC(=O)/C=C/c2ccc(Cl)c(Cl)c2)cs1. The van der Waals surface area contributed by atoms with E-state index in [0.29, 0.717) is 20.7 Å². The predicted octanol–water partition coefficient (Wildman–Crippen LogP) is 5.70. The van der Waals surface area contributed by atoms with E-state index in [1.54, 1.807) is 29.7 Å². The molecule has 1 aromatic heterocycles. The van der Waals surface area contributed by atoms with E-state index in [1.165, 1.54) is 17.4 Å². The average molecular weight is 461 g/mol. The molecule has 0 bridgehead atoms. The monoisotopic (exact) mass is 460 g/mol. The molecule has 2 aromatic carbocycles. The van der Waals surface area contributed by atoms with E-state index in [0.717, 1.165) is 16.8 Å². The molecule has 5 nitrogen and oxygen atoms in total. The van der Waals surface area contributed by atoms with Crippen molar-refractivity contribution in [2.75, 3.05) is 5.32 Å². The number of ether oxygens (including phenoxy) is 1. The predicted molar refractivity (Wildman–Crippen MR) is 121 cm³/mol. The van der Waals surface area contributed by atoms with Crippen LogP contribution in [-0.2, 0) is 27.4 Å². The van der Waals surface area contributed by atoms with Gasteiger partial charge in [-0.05, 0) is 42.3 Å². The quantitative estimate of drug-likeness (QED) is 0.362. The van der Waals surface area contributed by atoms with Crippen LogP contribution in [0.5, 0.6) is 0 Å². The first kappa shape index (κ1) is 22.0. The van der Waals surface area contributed by atoms with Crippen LogP contribution in [0, 0.1) is 6.92 Å². The first-order chi connectivity index (χ1) is 14.4. The van der Waals surface area contributed by atoms with Crippen LogP contribution in [0.3, 0.4) is 0 Å². The first-order valence-corrected chi connectivity index (χ1v) is 10.6. The van der Waals surface area contributed by atoms with Crippen LogP contribution in [0.4, 0.5) is 5.69 Å². The van der Waals surface area contributed by atoms with Gasteiger partial charge in [-0.15, -0.1) is 11.3 Å². The standard InChI is InChI=1S/C22H18Cl2N2O3S/c1-14-4-2-3-5-19(14)26-20(27)11-21-25-16(13-30-21)12-29-22(28)9-7-15-6-8-17(23)18(24)10-15/h2-10,13H,11-12H2,1H3,(H,26,27)/b9-7+. The second-order valence-electron chi connectivity index (χ2n) is 6.39. The maximum atomic E-state index is 12.2. The van der Waals surface area contributed by atoms with Crippen molar-refractivity contribution in [2.24, 2.45) is 0 Å². The molecule has 1 amide bonds. The van der Waals surface area contributed by atoms with Crippen molar-refractivity contribution in [1.82, 2.24) is 4.98 Å². The molecule has 3 rings (SSSR count). The van der Waals surface area contributed by atoms with Gasteiger partial charge in [-0.1, -0.05) is 47.5 Å². The number of amides is 1. The molecule has 0 aliphatic heterocycles. The molecule has 0 atom stereocenters. The number of thiazole rings is 1. The normalized spacial score (nSPS) is 10.9. The number of benzene rings is 2. The van der Waals surface area contributed by atoms with Crippen molar-refractivity contribution in [2.45, 2.75) is 20.0 Å². The van der Waals surface area contributed by atoms with Gasteiger partial charge in [0, 0.05) is 17.1 Å². The summed E-state index contributed by atoms with van der Waals surface area (Å²) in [5.74, 6) is -0.653. The van der Waals surface area contributed by atoms with Gasteiger partial charge in [0.05, 0.1) is 22.2 Å². The van der Waals surface area contributed by atoms with Crippen molar-refractivity contribution >= 4 is 58.2 Å². The second-order valence-corrected chi connectivity index (χ2v) is 8.14. The first-order valence-electron chi connectivity index (χ1n) is 8.99. The molecular weight excluding hydrogens is 443 g/mol. The summed E-state index contributed by atoms with van der Waals surface area (Å²) in [6.45, 7) is 1.96. The third kappa shape index (κ3) is 6.42. The minimum absolute atomic E-state index is 0.0282. The number of nitrogens with zero attached hydrogens (tertiary/aromatic N) is 1. The van der Waals surface area contributed by atoms with Crippen molar-refractivity contribution in [3.8, 4) is 0 Å². The molecule has 0 fully saturated rings. The lowest BCUT2D eigenvalue weighted by Crippen LogP contribution is -2.15. The Balaban J connectivity index is 1.48. The van der Waals surface area contributed by atoms with Gasteiger partial charge in [0.2, 0.25) is 5.91 Å². The summed E-state index contributed by atoms with van der Waals surface area (Å²) in [4.78, 5) is 28.5. The Kier molecular flexibility index (Phi) is 7.63. The average Bonchev–Trinajstić information content (AvgIpc) is 3.16. The summed E-state index contributed by atoms with van der Waals surface area (Å²) in [6, 6.07) is 12.6. The number of carbonyl (C=O) groups excluding carboxylic acids is 2. The van der Waals surface area contributed by atoms with Gasteiger partial charge in [0.1, 0.15) is 11.6 Å². The van der Waals surface area contributed by atoms with Gasteiger partial charge in [-0.3, -0.25) is 4.79 Å². The molecule has 3 aromatic rings. The molecule has 0 aliphatic rings. The van der Waals surface area contributed by atoms with Crippen molar-refractivity contribution in [3.63, 3.8) is 0 Å². The van der Waals surface area contributed by atoms with Crippen LogP contribution in [0.2, 0.25) is 10.0 Å². The van der Waals surface area contributed by atoms with E-state index >= 15 is 0 Å². The number of nitrogens with one attached hydrogen (secondary N) is 1. The molecule has 0 saturated heterocycles. The Morgan fingerprint density at radius 3 is 2.73 bits per heavy atom. The number of hydrogen-bond donors (Lipinski definition) is 1. The molecule has 0 saturated carbocycles. The lowest BCUT2D eigenvalue weighted by atomic mass is 10.2. The number of halogens is 2. The number of aryl methyl sites for hydroxylation is 1. The van der Waals surface area contributed by atoms with E-state index in [9.17, 15) is 9.59 Å². The number of anilines is 1. The van der Waals surface area contributed by atoms with Crippen LogP contribution in [0.15, 0.2) is 53.9 Å². The van der Waals surface area contributed by atoms with E-state index in [1.807, 2.05) is 31.2 Å². The van der Waals surface area contributed by atoms with Gasteiger partial charge in [0.15, 0.2) is 0 Å². The number of aromatic nitrogens is 1. The number of esters is 1. The topological polar surface area (TPSA) is 68.3 Å². The summed E-state index contributed by atoms with van der Waals surface area (Å²) in [7, 11) is 0. The third-order valence-electron chi connectivity index (χ3n) is 4.05. The van der Waals surface area contributed by atoms with Gasteiger partial charge in [-0.25, -0.2) is 9.78 Å². The highest BCUT2D eigenvalue weighted by Crippen LogP contribution is 2.23. The fourth-order valence-electron chi connectivity index (χ4n) is 2.51. The number of hydrogen-bond acceptors (Lipinski definition) is 5. The van der Waals surface area contributed by atoms with Gasteiger partial charge < -0.3 is 10.1 Å². The number of para-hydroxylation sites is 1. The molecule has 0 unspecified atom stereocenters. The zero-order valence-electron chi connectivity index (χ0n) is 16.0. The Bertz CT molecular complexity index is 1100. The molecule has 0 spiro atoms. The van der Waals surface area contributed by atoms with E-state index in [-0.39, 0.29) is 18.9 Å². The fourth-order valence-corrected chi connectivity index (χ4v) is 3.60. The molecule has 30 heavy (non-hydrogen) atoms. The van der Waals surface area contributed by atoms with Crippen LogP contribution in [0.1, 0.15) is 21.8 Å². The molecule has 8 heteroatoms. The maximum absolute atomic E-state index is 12.2. The molecule has 1 heterocycles. The number of rotatable bonds is 7.